The molecule has 0 aliphatic heterocycles. The lowest BCUT2D eigenvalue weighted by atomic mass is 10.2. The predicted octanol–water partition coefficient (Wildman–Crippen LogP) is 1.98. The zero-order chi connectivity index (χ0) is 10.6. The van der Waals surface area contributed by atoms with Gasteiger partial charge in [0.1, 0.15) is 23.8 Å². The average molecular weight is 197 g/mol. The number of halogens is 1. The monoisotopic (exact) mass is 197 g/mol. The molecular formula is C10H12FNO2. The number of rotatable bonds is 4. The minimum absolute atomic E-state index is 0.0207. The van der Waals surface area contributed by atoms with Crippen LogP contribution in [0.4, 0.5) is 10.1 Å². The third-order valence-corrected chi connectivity index (χ3v) is 1.66. The molecule has 4 heteroatoms. The maximum atomic E-state index is 13.1. The second-order valence-corrected chi connectivity index (χ2v) is 2.62. The molecular weight excluding hydrogens is 185 g/mol. The van der Waals surface area contributed by atoms with Crippen molar-refractivity contribution in [3.63, 3.8) is 0 Å². The van der Waals surface area contributed by atoms with Gasteiger partial charge in [-0.25, -0.2) is 4.39 Å². The highest BCUT2D eigenvalue weighted by Gasteiger charge is 2.08. The standard InChI is InChI=1S/C10H12FNO2/c1-3-4-14-9-6-7(13-2)5-8(11)10(9)12/h3,5-6H,1,4,12H2,2H3. The number of anilines is 1. The van der Waals surface area contributed by atoms with Gasteiger partial charge in [-0.15, -0.1) is 0 Å². The number of methoxy groups -OCH3 is 1. The van der Waals surface area contributed by atoms with Crippen molar-refractivity contribution in [3.05, 3.63) is 30.6 Å². The highest BCUT2D eigenvalue weighted by atomic mass is 19.1. The first-order valence-electron chi connectivity index (χ1n) is 4.05. The number of hydrogen-bond acceptors (Lipinski definition) is 3. The van der Waals surface area contributed by atoms with Gasteiger partial charge >= 0.3 is 0 Å². The molecule has 0 unspecified atom stereocenters. The zero-order valence-electron chi connectivity index (χ0n) is 7.92. The van der Waals surface area contributed by atoms with Crippen LogP contribution in [0.25, 0.3) is 0 Å². The molecule has 0 saturated heterocycles. The molecule has 76 valence electrons. The average Bonchev–Trinajstić information content (AvgIpc) is 2.20. The Morgan fingerprint density at radius 1 is 1.57 bits per heavy atom. The van der Waals surface area contributed by atoms with E-state index in [9.17, 15) is 4.39 Å². The Morgan fingerprint density at radius 2 is 2.29 bits per heavy atom. The van der Waals surface area contributed by atoms with Crippen LogP contribution in [-0.4, -0.2) is 13.7 Å². The van der Waals surface area contributed by atoms with Gasteiger partial charge in [-0.1, -0.05) is 12.7 Å². The van der Waals surface area contributed by atoms with Gasteiger partial charge < -0.3 is 15.2 Å². The largest absolute Gasteiger partial charge is 0.497 e. The minimum atomic E-state index is -0.552. The molecule has 0 amide bonds. The summed E-state index contributed by atoms with van der Waals surface area (Å²) in [6, 6.07) is 2.73. The van der Waals surface area contributed by atoms with E-state index in [1.165, 1.54) is 19.2 Å². The van der Waals surface area contributed by atoms with Crippen molar-refractivity contribution in [1.29, 1.82) is 0 Å². The van der Waals surface area contributed by atoms with Crippen LogP contribution in [0.3, 0.4) is 0 Å². The van der Waals surface area contributed by atoms with Gasteiger partial charge in [0.25, 0.3) is 0 Å². The molecule has 1 aromatic rings. The molecule has 2 N–H and O–H groups in total. The molecule has 0 aliphatic rings. The lowest BCUT2D eigenvalue weighted by Crippen LogP contribution is -2.00. The first kappa shape index (κ1) is 10.4. The third-order valence-electron chi connectivity index (χ3n) is 1.66. The lowest BCUT2D eigenvalue weighted by molar-refractivity contribution is 0.356. The van der Waals surface area contributed by atoms with Crippen molar-refractivity contribution in [2.75, 3.05) is 19.5 Å². The topological polar surface area (TPSA) is 44.5 Å². The summed E-state index contributed by atoms with van der Waals surface area (Å²) in [7, 11) is 1.45. The molecule has 1 rings (SSSR count). The molecule has 14 heavy (non-hydrogen) atoms. The van der Waals surface area contributed by atoms with Gasteiger partial charge in [0.05, 0.1) is 7.11 Å². The van der Waals surface area contributed by atoms with E-state index in [4.69, 9.17) is 15.2 Å². The van der Waals surface area contributed by atoms with Crippen LogP contribution >= 0.6 is 0 Å². The summed E-state index contributed by atoms with van der Waals surface area (Å²) in [6.07, 6.45) is 1.55. The molecule has 0 heterocycles. The molecule has 0 aromatic heterocycles. The van der Waals surface area contributed by atoms with E-state index in [0.29, 0.717) is 5.75 Å². The summed E-state index contributed by atoms with van der Waals surface area (Å²) < 4.78 is 23.2. The predicted molar refractivity (Wildman–Crippen MR) is 53.1 cm³/mol. The second-order valence-electron chi connectivity index (χ2n) is 2.62. The molecule has 0 fully saturated rings. The van der Waals surface area contributed by atoms with E-state index in [1.54, 1.807) is 6.08 Å². The molecule has 0 aliphatic carbocycles. The second kappa shape index (κ2) is 4.50. The van der Waals surface area contributed by atoms with Gasteiger partial charge in [0.2, 0.25) is 0 Å². The SMILES string of the molecule is C=CCOc1cc(OC)cc(F)c1N. The fourth-order valence-corrected chi connectivity index (χ4v) is 0.955. The first-order valence-corrected chi connectivity index (χ1v) is 4.05. The zero-order valence-corrected chi connectivity index (χ0v) is 7.92. The molecule has 0 radical (unpaired) electrons. The molecule has 0 bridgehead atoms. The number of hydrogen-bond donors (Lipinski definition) is 1. The number of nitrogens with two attached hydrogens (primary N) is 1. The van der Waals surface area contributed by atoms with Crippen LogP contribution in [0.15, 0.2) is 24.8 Å². The van der Waals surface area contributed by atoms with E-state index < -0.39 is 5.82 Å². The van der Waals surface area contributed by atoms with Crippen molar-refractivity contribution < 1.29 is 13.9 Å². The molecule has 3 nitrogen and oxygen atoms in total. The first-order chi connectivity index (χ1) is 6.69. The van der Waals surface area contributed by atoms with Gasteiger partial charge in [0, 0.05) is 12.1 Å². The van der Waals surface area contributed by atoms with Crippen molar-refractivity contribution in [2.45, 2.75) is 0 Å². The Morgan fingerprint density at radius 3 is 2.86 bits per heavy atom. The summed E-state index contributed by atoms with van der Waals surface area (Å²) >= 11 is 0. The number of nitrogen functional groups attached to an aromatic ring is 1. The normalized spacial score (nSPS) is 9.57. The lowest BCUT2D eigenvalue weighted by Gasteiger charge is -2.09. The van der Waals surface area contributed by atoms with Gasteiger partial charge in [0.15, 0.2) is 5.82 Å². The van der Waals surface area contributed by atoms with Crippen LogP contribution in [0.5, 0.6) is 11.5 Å². The Labute approximate surface area is 81.9 Å². The highest BCUT2D eigenvalue weighted by molar-refractivity contribution is 5.56. The van der Waals surface area contributed by atoms with Gasteiger partial charge in [-0.05, 0) is 0 Å². The summed E-state index contributed by atoms with van der Waals surface area (Å²) in [5.41, 5.74) is 5.44. The van der Waals surface area contributed by atoms with Crippen LogP contribution < -0.4 is 15.2 Å². The van der Waals surface area contributed by atoms with Crippen molar-refractivity contribution in [1.82, 2.24) is 0 Å². The van der Waals surface area contributed by atoms with E-state index in [-0.39, 0.29) is 18.0 Å². The van der Waals surface area contributed by atoms with Gasteiger partial charge in [-0.3, -0.25) is 0 Å². The molecule has 0 spiro atoms. The van der Waals surface area contributed by atoms with Gasteiger partial charge in [-0.2, -0.15) is 0 Å². The minimum Gasteiger partial charge on any atom is -0.497 e. The van der Waals surface area contributed by atoms with Crippen molar-refractivity contribution in [2.24, 2.45) is 0 Å². The van der Waals surface area contributed by atoms with E-state index in [2.05, 4.69) is 6.58 Å². The fraction of sp³-hybridized carbons (Fsp3) is 0.200. The smallest absolute Gasteiger partial charge is 0.153 e. The van der Waals surface area contributed by atoms with E-state index in [0.717, 1.165) is 0 Å². The molecule has 1 aromatic carbocycles. The Kier molecular flexibility index (Phi) is 3.34. The van der Waals surface area contributed by atoms with E-state index in [1.807, 2.05) is 0 Å². The maximum Gasteiger partial charge on any atom is 0.153 e. The van der Waals surface area contributed by atoms with Crippen molar-refractivity contribution in [3.8, 4) is 11.5 Å². The van der Waals surface area contributed by atoms with Crippen molar-refractivity contribution >= 4 is 5.69 Å². The fourth-order valence-electron chi connectivity index (χ4n) is 0.955. The van der Waals surface area contributed by atoms with Crippen LogP contribution in [0, 0.1) is 5.82 Å². The number of ether oxygens (including phenoxy) is 2. The Hall–Kier alpha value is -1.71. The van der Waals surface area contributed by atoms with E-state index >= 15 is 0 Å². The highest BCUT2D eigenvalue weighted by Crippen LogP contribution is 2.29. The number of benzene rings is 1. The quantitative estimate of drug-likeness (QED) is 0.593. The summed E-state index contributed by atoms with van der Waals surface area (Å²) in [4.78, 5) is 0. The van der Waals surface area contributed by atoms with Crippen LogP contribution in [-0.2, 0) is 0 Å². The molecule has 0 atom stereocenters. The third kappa shape index (κ3) is 2.16. The Bertz CT molecular complexity index is 339. The summed E-state index contributed by atoms with van der Waals surface area (Å²) in [6.45, 7) is 3.75. The summed E-state index contributed by atoms with van der Waals surface area (Å²) in [5, 5.41) is 0. The molecule has 0 saturated carbocycles. The summed E-state index contributed by atoms with van der Waals surface area (Å²) in [5.74, 6) is 0.0842. The Balaban J connectivity index is 3.00. The van der Waals surface area contributed by atoms with Crippen LogP contribution in [0.2, 0.25) is 0 Å². The van der Waals surface area contributed by atoms with Crippen LogP contribution in [0.1, 0.15) is 0 Å². The maximum absolute atomic E-state index is 13.1.